The molecule has 2 bridgehead atoms. The van der Waals surface area contributed by atoms with Crippen LogP contribution >= 0.6 is 11.6 Å². The first-order valence-corrected chi connectivity index (χ1v) is 11.4. The standard InChI is InChI=1S/C15H14ClF4N5.C7H12O2/c1-6(2)25-10-4-7(11-8(16)5-22-14(21)24-11)3-9(17)12(10)23-13(25)15(18,19)20;8-6-3-1-5-2-4-7(6)9-5/h3-6,11H,1-2H3,(H3,21,22,24);5-8H,1-4H2/t;5-,6?,7?/m.1/s1. The number of hydrogen-bond acceptors (Lipinski definition) is 6. The molecule has 0 aliphatic carbocycles. The number of hydrogen-bond donors (Lipinski definition) is 3. The molecule has 12 heteroatoms. The third-order valence-electron chi connectivity index (χ3n) is 6.10. The van der Waals surface area contributed by atoms with E-state index in [1.165, 1.54) is 18.7 Å². The second-order valence-electron chi connectivity index (χ2n) is 8.88. The zero-order valence-corrected chi connectivity index (χ0v) is 19.4. The molecule has 0 spiro atoms. The van der Waals surface area contributed by atoms with Crippen LogP contribution in [0.1, 0.15) is 63.0 Å². The summed E-state index contributed by atoms with van der Waals surface area (Å²) in [5, 5.41) is 12.1. The number of aromatic nitrogens is 2. The maximum atomic E-state index is 14.5. The predicted octanol–water partition coefficient (Wildman–Crippen LogP) is 4.50. The largest absolute Gasteiger partial charge is 0.449 e. The molecule has 3 unspecified atom stereocenters. The molecular formula is C22H26ClF4N5O2. The van der Waals surface area contributed by atoms with E-state index in [0.717, 1.165) is 29.9 Å². The first-order valence-electron chi connectivity index (χ1n) is 11.0. The number of aliphatic hydroxyl groups excluding tert-OH is 1. The minimum absolute atomic E-state index is 0.0223. The molecule has 186 valence electrons. The SMILES string of the molecule is CC(C)n1c(C(F)(F)F)nc2c(F)cc(C3N=C(N)NC=C3Cl)cc21.OC1CC[C@@H]2CCC1O2. The summed E-state index contributed by atoms with van der Waals surface area (Å²) in [6, 6.07) is 1.10. The number of rotatable bonds is 2. The molecule has 34 heavy (non-hydrogen) atoms. The number of nitrogens with one attached hydrogen (secondary N) is 1. The first-order chi connectivity index (χ1) is 16.0. The topological polar surface area (TPSA) is 97.7 Å². The van der Waals surface area contributed by atoms with E-state index in [1.807, 2.05) is 0 Å². The molecule has 2 aromatic rings. The fraction of sp³-hybridized carbons (Fsp3) is 0.545. The van der Waals surface area contributed by atoms with Crippen molar-refractivity contribution in [2.75, 3.05) is 0 Å². The van der Waals surface area contributed by atoms with Crippen LogP contribution in [0.15, 0.2) is 28.4 Å². The molecule has 1 aromatic heterocycles. The highest BCUT2D eigenvalue weighted by molar-refractivity contribution is 6.30. The smallest absolute Gasteiger partial charge is 0.390 e. The number of nitrogens with zero attached hydrogens (tertiary/aromatic N) is 3. The van der Waals surface area contributed by atoms with Crippen molar-refractivity contribution >= 4 is 28.6 Å². The van der Waals surface area contributed by atoms with Gasteiger partial charge in [-0.25, -0.2) is 14.4 Å². The summed E-state index contributed by atoms with van der Waals surface area (Å²) in [5.41, 5.74) is 5.55. The van der Waals surface area contributed by atoms with Crippen LogP contribution in [0.25, 0.3) is 11.0 Å². The number of nitrogens with two attached hydrogens (primary N) is 1. The van der Waals surface area contributed by atoms with Crippen molar-refractivity contribution in [1.82, 2.24) is 14.9 Å². The summed E-state index contributed by atoms with van der Waals surface area (Å²) >= 11 is 6.08. The Kier molecular flexibility index (Phi) is 6.80. The lowest BCUT2D eigenvalue weighted by Crippen LogP contribution is -2.31. The molecule has 4 atom stereocenters. The van der Waals surface area contributed by atoms with E-state index in [1.54, 1.807) is 13.8 Å². The van der Waals surface area contributed by atoms with Crippen LogP contribution in [0.2, 0.25) is 0 Å². The number of guanidine groups is 1. The first kappa shape index (κ1) is 24.7. The van der Waals surface area contributed by atoms with Gasteiger partial charge in [0.15, 0.2) is 11.8 Å². The number of fused-ring (bicyclic) bond motifs is 3. The highest BCUT2D eigenvalue weighted by Gasteiger charge is 2.39. The Bertz CT molecular complexity index is 1130. The minimum Gasteiger partial charge on any atom is -0.390 e. The second-order valence-corrected chi connectivity index (χ2v) is 9.31. The molecule has 4 N–H and O–H groups in total. The summed E-state index contributed by atoms with van der Waals surface area (Å²) in [7, 11) is 0. The number of ether oxygens (including phenoxy) is 1. The van der Waals surface area contributed by atoms with Gasteiger partial charge in [-0.1, -0.05) is 11.6 Å². The van der Waals surface area contributed by atoms with Crippen LogP contribution in [0.4, 0.5) is 17.6 Å². The van der Waals surface area contributed by atoms with Crippen LogP contribution in [-0.4, -0.2) is 38.9 Å². The van der Waals surface area contributed by atoms with Gasteiger partial charge in [0, 0.05) is 12.2 Å². The average Bonchev–Trinajstić information content (AvgIpc) is 3.35. The second kappa shape index (κ2) is 9.35. The van der Waals surface area contributed by atoms with Gasteiger partial charge >= 0.3 is 6.18 Å². The summed E-state index contributed by atoms with van der Waals surface area (Å²) < 4.78 is 60.7. The van der Waals surface area contributed by atoms with E-state index in [2.05, 4.69) is 15.3 Å². The van der Waals surface area contributed by atoms with Crippen molar-refractivity contribution in [3.8, 4) is 0 Å². The van der Waals surface area contributed by atoms with Gasteiger partial charge in [0.05, 0.1) is 28.9 Å². The van der Waals surface area contributed by atoms with E-state index in [-0.39, 0.29) is 39.8 Å². The van der Waals surface area contributed by atoms with Gasteiger partial charge in [-0.3, -0.25) is 0 Å². The fourth-order valence-electron chi connectivity index (χ4n) is 4.52. The van der Waals surface area contributed by atoms with Crippen LogP contribution in [-0.2, 0) is 10.9 Å². The third-order valence-corrected chi connectivity index (χ3v) is 6.41. The van der Waals surface area contributed by atoms with Crippen molar-refractivity contribution < 1.29 is 27.4 Å². The van der Waals surface area contributed by atoms with E-state index in [0.29, 0.717) is 6.10 Å². The van der Waals surface area contributed by atoms with Crippen molar-refractivity contribution in [2.24, 2.45) is 10.7 Å². The van der Waals surface area contributed by atoms with Gasteiger partial charge in [0.2, 0.25) is 5.82 Å². The van der Waals surface area contributed by atoms with E-state index >= 15 is 0 Å². The van der Waals surface area contributed by atoms with Crippen LogP contribution < -0.4 is 11.1 Å². The summed E-state index contributed by atoms with van der Waals surface area (Å²) in [4.78, 5) is 7.54. The summed E-state index contributed by atoms with van der Waals surface area (Å²) in [5.74, 6) is -1.96. The molecule has 4 heterocycles. The number of aliphatic imine (C=N–C) groups is 1. The number of benzene rings is 1. The lowest BCUT2D eigenvalue weighted by molar-refractivity contribution is -0.147. The highest BCUT2D eigenvalue weighted by atomic mass is 35.5. The van der Waals surface area contributed by atoms with Gasteiger partial charge in [-0.2, -0.15) is 13.2 Å². The average molecular weight is 504 g/mol. The molecule has 7 nitrogen and oxygen atoms in total. The van der Waals surface area contributed by atoms with E-state index in [9.17, 15) is 22.7 Å². The van der Waals surface area contributed by atoms with Gasteiger partial charge in [-0.15, -0.1) is 0 Å². The Hall–Kier alpha value is -2.37. The van der Waals surface area contributed by atoms with Gasteiger partial charge in [-0.05, 0) is 57.2 Å². The van der Waals surface area contributed by atoms with Gasteiger partial charge < -0.3 is 25.5 Å². The molecular weight excluding hydrogens is 478 g/mol. The molecule has 2 saturated heterocycles. The Balaban J connectivity index is 0.000000252. The maximum absolute atomic E-state index is 14.5. The Morgan fingerprint density at radius 2 is 1.94 bits per heavy atom. The predicted molar refractivity (Wildman–Crippen MR) is 120 cm³/mol. The third kappa shape index (κ3) is 4.87. The lowest BCUT2D eigenvalue weighted by Gasteiger charge is -2.24. The number of alkyl halides is 3. The quantitative estimate of drug-likeness (QED) is 0.524. The molecule has 3 aliphatic heterocycles. The Morgan fingerprint density at radius 3 is 2.59 bits per heavy atom. The molecule has 2 fully saturated rings. The Morgan fingerprint density at radius 1 is 1.24 bits per heavy atom. The molecule has 3 aliphatic rings. The molecule has 0 amide bonds. The number of halogens is 5. The normalized spacial score (nSPS) is 26.6. The molecule has 1 aromatic carbocycles. The van der Waals surface area contributed by atoms with Crippen molar-refractivity contribution in [2.45, 2.75) is 76.1 Å². The molecule has 0 saturated carbocycles. The van der Waals surface area contributed by atoms with Crippen molar-refractivity contribution in [1.29, 1.82) is 0 Å². The zero-order valence-electron chi connectivity index (χ0n) is 18.6. The number of imidazole rings is 1. The minimum atomic E-state index is -4.70. The Labute approximate surface area is 198 Å². The van der Waals surface area contributed by atoms with Gasteiger partial charge in [0.25, 0.3) is 0 Å². The molecule has 0 radical (unpaired) electrons. The highest BCUT2D eigenvalue weighted by Crippen LogP contribution is 2.38. The van der Waals surface area contributed by atoms with Crippen molar-refractivity contribution in [3.63, 3.8) is 0 Å². The van der Waals surface area contributed by atoms with Crippen LogP contribution in [0, 0.1) is 5.82 Å². The summed E-state index contributed by atoms with van der Waals surface area (Å²) in [6.45, 7) is 3.13. The monoisotopic (exact) mass is 503 g/mol. The molecule has 5 rings (SSSR count). The lowest BCUT2D eigenvalue weighted by atomic mass is 10.1. The van der Waals surface area contributed by atoms with Crippen LogP contribution in [0.3, 0.4) is 0 Å². The number of aliphatic hydroxyl groups is 1. The van der Waals surface area contributed by atoms with Gasteiger partial charge in [0.1, 0.15) is 11.6 Å². The van der Waals surface area contributed by atoms with Crippen molar-refractivity contribution in [3.05, 3.63) is 40.6 Å². The maximum Gasteiger partial charge on any atom is 0.449 e. The summed E-state index contributed by atoms with van der Waals surface area (Å²) in [6.07, 6.45) is 1.47. The fourth-order valence-corrected chi connectivity index (χ4v) is 4.75. The van der Waals surface area contributed by atoms with E-state index in [4.69, 9.17) is 22.1 Å². The zero-order chi connectivity index (χ0) is 24.8. The van der Waals surface area contributed by atoms with E-state index < -0.39 is 29.9 Å². The van der Waals surface area contributed by atoms with Crippen LogP contribution in [0.5, 0.6) is 0 Å².